The number of hydrogen-bond donors (Lipinski definition) is 1. The van der Waals surface area contributed by atoms with E-state index in [1.807, 2.05) is 12.3 Å². The third-order valence-corrected chi connectivity index (χ3v) is 3.77. The Morgan fingerprint density at radius 1 is 1.33 bits per heavy atom. The summed E-state index contributed by atoms with van der Waals surface area (Å²) in [5.74, 6) is 0.968. The van der Waals surface area contributed by atoms with E-state index in [9.17, 15) is 0 Å². The summed E-state index contributed by atoms with van der Waals surface area (Å²) in [5, 5.41) is 0. The van der Waals surface area contributed by atoms with Gasteiger partial charge in [0.15, 0.2) is 0 Å². The molecule has 1 N–H and O–H groups in total. The van der Waals surface area contributed by atoms with Crippen LogP contribution in [-0.2, 0) is 11.3 Å². The number of ether oxygens (including phenoxy) is 2. The molecule has 0 amide bonds. The lowest BCUT2D eigenvalue weighted by molar-refractivity contribution is 0.107. The Morgan fingerprint density at radius 3 is 2.95 bits per heavy atom. The molecule has 21 heavy (non-hydrogen) atoms. The first kappa shape index (κ1) is 14.0. The van der Waals surface area contributed by atoms with Gasteiger partial charge in [0, 0.05) is 38.8 Å². The molecule has 0 aliphatic carbocycles. The fourth-order valence-electron chi connectivity index (χ4n) is 2.72. The fourth-order valence-corrected chi connectivity index (χ4v) is 2.72. The fraction of sp³-hybridized carbons (Fsp3) is 0.500. The molecule has 0 radical (unpaired) electrons. The number of methoxy groups -OCH3 is 2. The minimum Gasteiger partial charge on any atom is -0.467 e. The molecule has 1 unspecified atom stereocenters. The second-order valence-corrected chi connectivity index (χ2v) is 5.05. The van der Waals surface area contributed by atoms with Crippen LogP contribution in [0.5, 0.6) is 6.01 Å². The van der Waals surface area contributed by atoms with Crippen LogP contribution in [0.1, 0.15) is 24.0 Å². The summed E-state index contributed by atoms with van der Waals surface area (Å²) in [6, 6.07) is 2.51. The van der Waals surface area contributed by atoms with Gasteiger partial charge in [-0.1, -0.05) is 0 Å². The molecule has 0 saturated carbocycles. The number of imidazole rings is 1. The number of aromatic amines is 1. The van der Waals surface area contributed by atoms with Gasteiger partial charge < -0.3 is 14.5 Å². The molecule has 2 aromatic heterocycles. The Kier molecular flexibility index (Phi) is 4.12. The van der Waals surface area contributed by atoms with Crippen LogP contribution < -0.4 is 4.74 Å². The molecule has 1 aliphatic rings. The van der Waals surface area contributed by atoms with Gasteiger partial charge in [-0.25, -0.2) is 9.97 Å². The lowest BCUT2D eigenvalue weighted by Crippen LogP contribution is -2.25. The van der Waals surface area contributed by atoms with Crippen molar-refractivity contribution in [3.63, 3.8) is 0 Å². The highest BCUT2D eigenvalue weighted by atomic mass is 16.5. The zero-order valence-corrected chi connectivity index (χ0v) is 12.2. The van der Waals surface area contributed by atoms with Gasteiger partial charge >= 0.3 is 6.01 Å². The highest BCUT2D eigenvalue weighted by molar-refractivity contribution is 5.08. The van der Waals surface area contributed by atoms with Crippen LogP contribution in [0.4, 0.5) is 0 Å². The molecule has 112 valence electrons. The van der Waals surface area contributed by atoms with Crippen molar-refractivity contribution in [3.05, 3.63) is 36.2 Å². The third kappa shape index (κ3) is 3.03. The van der Waals surface area contributed by atoms with Gasteiger partial charge in [-0.3, -0.25) is 4.90 Å². The summed E-state index contributed by atoms with van der Waals surface area (Å²) in [6.07, 6.45) is 6.48. The standard InChI is InChI=1S/C14H19N5O2/c1-20-11-7-12(13-15-5-6-16-13)19(9-11)8-10-3-4-17-14(18-10)21-2/h3-6,11-12H,7-9H2,1-2H3,(H,15,16)/t11-,12?/m1/s1. The maximum Gasteiger partial charge on any atom is 0.316 e. The van der Waals surface area contributed by atoms with E-state index in [-0.39, 0.29) is 12.1 Å². The summed E-state index contributed by atoms with van der Waals surface area (Å²) >= 11 is 0. The lowest BCUT2D eigenvalue weighted by atomic mass is 10.2. The Labute approximate surface area is 123 Å². The molecule has 1 fully saturated rings. The SMILES string of the molecule is COc1nccc(CN2C[C@H](OC)CC2c2ncc[nH]2)n1. The van der Waals surface area contributed by atoms with E-state index < -0.39 is 0 Å². The van der Waals surface area contributed by atoms with Crippen molar-refractivity contribution in [1.29, 1.82) is 0 Å². The van der Waals surface area contributed by atoms with Crippen LogP contribution in [0.2, 0.25) is 0 Å². The Hall–Kier alpha value is -1.99. The summed E-state index contributed by atoms with van der Waals surface area (Å²) in [6.45, 7) is 1.57. The number of rotatable bonds is 5. The minimum absolute atomic E-state index is 0.212. The molecule has 2 aromatic rings. The van der Waals surface area contributed by atoms with Crippen LogP contribution in [0.15, 0.2) is 24.7 Å². The molecule has 0 bridgehead atoms. The van der Waals surface area contributed by atoms with Gasteiger partial charge in [-0.05, 0) is 12.5 Å². The lowest BCUT2D eigenvalue weighted by Gasteiger charge is -2.22. The van der Waals surface area contributed by atoms with Crippen molar-refractivity contribution in [2.75, 3.05) is 20.8 Å². The van der Waals surface area contributed by atoms with E-state index in [0.717, 1.165) is 24.5 Å². The molecular formula is C14H19N5O2. The van der Waals surface area contributed by atoms with Gasteiger partial charge in [0.2, 0.25) is 0 Å². The second kappa shape index (κ2) is 6.19. The minimum atomic E-state index is 0.212. The number of likely N-dealkylation sites (tertiary alicyclic amines) is 1. The van der Waals surface area contributed by atoms with E-state index in [1.54, 1.807) is 26.6 Å². The Bertz CT molecular complexity index is 575. The first-order valence-electron chi connectivity index (χ1n) is 6.92. The van der Waals surface area contributed by atoms with E-state index in [0.29, 0.717) is 12.6 Å². The van der Waals surface area contributed by atoms with Gasteiger partial charge in [0.05, 0.1) is 24.9 Å². The zero-order chi connectivity index (χ0) is 14.7. The van der Waals surface area contributed by atoms with Gasteiger partial charge in [0.1, 0.15) is 5.82 Å². The molecule has 0 spiro atoms. The Morgan fingerprint density at radius 2 is 2.24 bits per heavy atom. The topological polar surface area (TPSA) is 76.2 Å². The van der Waals surface area contributed by atoms with Crippen molar-refractivity contribution >= 4 is 0 Å². The molecule has 3 heterocycles. The van der Waals surface area contributed by atoms with E-state index in [4.69, 9.17) is 9.47 Å². The smallest absolute Gasteiger partial charge is 0.316 e. The largest absolute Gasteiger partial charge is 0.467 e. The average Bonchev–Trinajstić information content (AvgIpc) is 3.16. The van der Waals surface area contributed by atoms with E-state index in [1.165, 1.54) is 0 Å². The van der Waals surface area contributed by atoms with Crippen molar-refractivity contribution in [2.24, 2.45) is 0 Å². The molecule has 7 nitrogen and oxygen atoms in total. The summed E-state index contributed by atoms with van der Waals surface area (Å²) in [4.78, 5) is 18.3. The van der Waals surface area contributed by atoms with Crippen molar-refractivity contribution < 1.29 is 9.47 Å². The number of aromatic nitrogens is 4. The van der Waals surface area contributed by atoms with Crippen LogP contribution in [0, 0.1) is 0 Å². The first-order chi connectivity index (χ1) is 10.3. The number of hydrogen-bond acceptors (Lipinski definition) is 6. The molecule has 1 saturated heterocycles. The molecule has 0 aromatic carbocycles. The average molecular weight is 289 g/mol. The van der Waals surface area contributed by atoms with Crippen molar-refractivity contribution in [2.45, 2.75) is 25.1 Å². The van der Waals surface area contributed by atoms with Gasteiger partial charge in [0.25, 0.3) is 0 Å². The van der Waals surface area contributed by atoms with Crippen molar-refractivity contribution in [3.8, 4) is 6.01 Å². The Balaban J connectivity index is 1.78. The van der Waals surface area contributed by atoms with Crippen LogP contribution in [-0.4, -0.2) is 51.7 Å². The number of nitrogens with one attached hydrogen (secondary N) is 1. The number of nitrogens with zero attached hydrogens (tertiary/aromatic N) is 4. The van der Waals surface area contributed by atoms with E-state index >= 15 is 0 Å². The molecule has 1 aliphatic heterocycles. The normalized spacial score (nSPS) is 22.6. The third-order valence-electron chi connectivity index (χ3n) is 3.77. The summed E-state index contributed by atoms with van der Waals surface area (Å²) < 4.78 is 10.6. The van der Waals surface area contributed by atoms with E-state index in [2.05, 4.69) is 24.8 Å². The maximum absolute atomic E-state index is 5.51. The van der Waals surface area contributed by atoms with Gasteiger partial charge in [-0.15, -0.1) is 0 Å². The first-order valence-corrected chi connectivity index (χ1v) is 6.92. The molecule has 7 heteroatoms. The summed E-state index contributed by atoms with van der Waals surface area (Å²) in [5.41, 5.74) is 0.926. The molecular weight excluding hydrogens is 270 g/mol. The van der Waals surface area contributed by atoms with Gasteiger partial charge in [-0.2, -0.15) is 4.98 Å². The molecule has 3 rings (SSSR count). The summed E-state index contributed by atoms with van der Waals surface area (Å²) in [7, 11) is 3.32. The molecule has 2 atom stereocenters. The maximum atomic E-state index is 5.51. The zero-order valence-electron chi connectivity index (χ0n) is 12.2. The van der Waals surface area contributed by atoms with Crippen LogP contribution in [0.3, 0.4) is 0 Å². The predicted molar refractivity (Wildman–Crippen MR) is 75.7 cm³/mol. The van der Waals surface area contributed by atoms with Crippen LogP contribution >= 0.6 is 0 Å². The second-order valence-electron chi connectivity index (χ2n) is 5.05. The van der Waals surface area contributed by atoms with Crippen molar-refractivity contribution in [1.82, 2.24) is 24.8 Å². The quantitative estimate of drug-likeness (QED) is 0.890. The highest BCUT2D eigenvalue weighted by Crippen LogP contribution is 2.32. The highest BCUT2D eigenvalue weighted by Gasteiger charge is 2.34. The monoisotopic (exact) mass is 289 g/mol. The van der Waals surface area contributed by atoms with Crippen LogP contribution in [0.25, 0.3) is 0 Å². The predicted octanol–water partition coefficient (Wildman–Crippen LogP) is 1.17. The number of H-pyrrole nitrogens is 1.